The molecule has 0 bridgehead atoms. The van der Waals surface area contributed by atoms with Gasteiger partial charge in [-0.2, -0.15) is 0 Å². The molecule has 4 rings (SSSR count). The normalized spacial score (nSPS) is 10.7. The van der Waals surface area contributed by atoms with Crippen LogP contribution in [0.4, 0.5) is 11.4 Å². The van der Waals surface area contributed by atoms with Gasteiger partial charge in [-0.05, 0) is 42.5 Å². The Morgan fingerprint density at radius 2 is 1.89 bits per heavy atom. The SMILES string of the molecule is CN(C)c1cccc(C(=O)Nc2ccc(-c3nc4cnccc4o3)cc2)c1. The number of hydrogen-bond acceptors (Lipinski definition) is 5. The number of rotatable bonds is 4. The van der Waals surface area contributed by atoms with E-state index < -0.39 is 0 Å². The number of oxazole rings is 1. The standard InChI is InChI=1S/C21H18N4O2/c1-25(2)17-5-3-4-15(12-17)20(26)23-16-8-6-14(7-9-16)21-24-18-13-22-11-10-19(18)27-21/h3-13H,1-2H3,(H,23,26). The fourth-order valence-corrected chi connectivity index (χ4v) is 2.73. The molecule has 2 aromatic heterocycles. The number of carbonyl (C=O) groups is 1. The zero-order valence-electron chi connectivity index (χ0n) is 15.0. The molecule has 1 N–H and O–H groups in total. The van der Waals surface area contributed by atoms with Gasteiger partial charge in [-0.25, -0.2) is 4.98 Å². The van der Waals surface area contributed by atoms with Gasteiger partial charge in [0.25, 0.3) is 5.91 Å². The second kappa shape index (κ2) is 6.92. The van der Waals surface area contributed by atoms with Crippen molar-refractivity contribution in [1.29, 1.82) is 0 Å². The topological polar surface area (TPSA) is 71.3 Å². The van der Waals surface area contributed by atoms with E-state index >= 15 is 0 Å². The van der Waals surface area contributed by atoms with Crippen molar-refractivity contribution in [2.75, 3.05) is 24.3 Å². The molecule has 27 heavy (non-hydrogen) atoms. The molecule has 1 amide bonds. The summed E-state index contributed by atoms with van der Waals surface area (Å²) in [5, 5.41) is 2.91. The molecule has 2 heterocycles. The van der Waals surface area contributed by atoms with Gasteiger partial charge in [-0.1, -0.05) is 6.07 Å². The Kier molecular flexibility index (Phi) is 4.30. The highest BCUT2D eigenvalue weighted by Crippen LogP contribution is 2.25. The smallest absolute Gasteiger partial charge is 0.255 e. The van der Waals surface area contributed by atoms with E-state index in [1.807, 2.05) is 61.5 Å². The van der Waals surface area contributed by atoms with Crippen LogP contribution >= 0.6 is 0 Å². The molecule has 0 saturated carbocycles. The van der Waals surface area contributed by atoms with Gasteiger partial charge >= 0.3 is 0 Å². The molecule has 4 aromatic rings. The lowest BCUT2D eigenvalue weighted by molar-refractivity contribution is 0.102. The van der Waals surface area contributed by atoms with E-state index in [1.54, 1.807) is 24.5 Å². The highest BCUT2D eigenvalue weighted by Gasteiger charge is 2.10. The van der Waals surface area contributed by atoms with Crippen LogP contribution in [0, 0.1) is 0 Å². The minimum Gasteiger partial charge on any atom is -0.436 e. The molecule has 2 aromatic carbocycles. The fraction of sp³-hybridized carbons (Fsp3) is 0.0952. The van der Waals surface area contributed by atoms with Crippen molar-refractivity contribution in [3.63, 3.8) is 0 Å². The van der Waals surface area contributed by atoms with Gasteiger partial charge in [-0.15, -0.1) is 0 Å². The number of pyridine rings is 1. The highest BCUT2D eigenvalue weighted by atomic mass is 16.3. The molecule has 0 radical (unpaired) electrons. The van der Waals surface area contributed by atoms with E-state index in [1.165, 1.54) is 0 Å². The van der Waals surface area contributed by atoms with E-state index in [-0.39, 0.29) is 5.91 Å². The van der Waals surface area contributed by atoms with Crippen molar-refractivity contribution in [3.05, 3.63) is 72.6 Å². The Hall–Kier alpha value is -3.67. The summed E-state index contributed by atoms with van der Waals surface area (Å²) in [6.45, 7) is 0. The zero-order valence-corrected chi connectivity index (χ0v) is 15.0. The summed E-state index contributed by atoms with van der Waals surface area (Å²) in [4.78, 5) is 22.9. The van der Waals surface area contributed by atoms with Crippen molar-refractivity contribution in [2.45, 2.75) is 0 Å². The van der Waals surface area contributed by atoms with Crippen LogP contribution in [-0.4, -0.2) is 30.0 Å². The van der Waals surface area contributed by atoms with Crippen molar-refractivity contribution in [1.82, 2.24) is 9.97 Å². The summed E-state index contributed by atoms with van der Waals surface area (Å²) in [5.74, 6) is 0.369. The molecule has 134 valence electrons. The van der Waals surface area contributed by atoms with Gasteiger partial charge in [0.2, 0.25) is 5.89 Å². The van der Waals surface area contributed by atoms with E-state index in [0.717, 1.165) is 11.3 Å². The van der Waals surface area contributed by atoms with Crippen LogP contribution in [0.2, 0.25) is 0 Å². The summed E-state index contributed by atoms with van der Waals surface area (Å²) in [6.07, 6.45) is 3.33. The second-order valence-corrected chi connectivity index (χ2v) is 6.34. The third kappa shape index (κ3) is 3.50. The van der Waals surface area contributed by atoms with Gasteiger partial charge in [0, 0.05) is 48.9 Å². The summed E-state index contributed by atoms with van der Waals surface area (Å²) in [6, 6.07) is 16.7. The van der Waals surface area contributed by atoms with Gasteiger partial charge < -0.3 is 14.6 Å². The Bertz CT molecular complexity index is 1070. The molecular formula is C21H18N4O2. The number of benzene rings is 2. The molecule has 6 heteroatoms. The summed E-state index contributed by atoms with van der Waals surface area (Å²) in [7, 11) is 3.88. The predicted molar refractivity (Wildman–Crippen MR) is 106 cm³/mol. The van der Waals surface area contributed by atoms with Crippen LogP contribution in [-0.2, 0) is 0 Å². The van der Waals surface area contributed by atoms with Gasteiger partial charge in [0.1, 0.15) is 5.52 Å². The third-order valence-electron chi connectivity index (χ3n) is 4.20. The molecule has 6 nitrogen and oxygen atoms in total. The average Bonchev–Trinajstić information content (AvgIpc) is 3.13. The van der Waals surface area contributed by atoms with Crippen LogP contribution in [0.15, 0.2) is 71.4 Å². The van der Waals surface area contributed by atoms with E-state index in [2.05, 4.69) is 15.3 Å². The van der Waals surface area contributed by atoms with Gasteiger partial charge in [0.15, 0.2) is 5.58 Å². The average molecular weight is 358 g/mol. The first kappa shape index (κ1) is 16.8. The lowest BCUT2D eigenvalue weighted by Gasteiger charge is -2.13. The van der Waals surface area contributed by atoms with Crippen LogP contribution in [0.1, 0.15) is 10.4 Å². The third-order valence-corrected chi connectivity index (χ3v) is 4.20. The first-order chi connectivity index (χ1) is 13.1. The number of carbonyl (C=O) groups excluding carboxylic acids is 1. The highest BCUT2D eigenvalue weighted by molar-refractivity contribution is 6.04. The molecule has 0 aliphatic carbocycles. The molecule has 0 fully saturated rings. The van der Waals surface area contributed by atoms with Crippen LogP contribution in [0.25, 0.3) is 22.6 Å². The minimum atomic E-state index is -0.153. The maximum absolute atomic E-state index is 12.5. The number of nitrogens with zero attached hydrogens (tertiary/aromatic N) is 3. The quantitative estimate of drug-likeness (QED) is 0.592. The minimum absolute atomic E-state index is 0.153. The van der Waals surface area contributed by atoms with Crippen LogP contribution in [0.3, 0.4) is 0 Å². The van der Waals surface area contributed by atoms with E-state index in [9.17, 15) is 4.79 Å². The van der Waals surface area contributed by atoms with Gasteiger partial charge in [-0.3, -0.25) is 9.78 Å². The molecule has 0 spiro atoms. The summed E-state index contributed by atoms with van der Waals surface area (Å²) >= 11 is 0. The molecular weight excluding hydrogens is 340 g/mol. The Balaban J connectivity index is 1.52. The Labute approximate surface area is 156 Å². The van der Waals surface area contributed by atoms with E-state index in [0.29, 0.717) is 28.2 Å². The maximum Gasteiger partial charge on any atom is 0.255 e. The maximum atomic E-state index is 12.5. The number of amides is 1. The lowest BCUT2D eigenvalue weighted by Crippen LogP contribution is -2.14. The number of anilines is 2. The second-order valence-electron chi connectivity index (χ2n) is 6.34. The molecule has 0 saturated heterocycles. The van der Waals surface area contributed by atoms with Crippen molar-refractivity contribution >= 4 is 28.4 Å². The molecule has 0 aliphatic heterocycles. The van der Waals surface area contributed by atoms with Crippen molar-refractivity contribution in [3.8, 4) is 11.5 Å². The predicted octanol–water partition coefficient (Wildman–Crippen LogP) is 4.21. The first-order valence-electron chi connectivity index (χ1n) is 8.50. The summed E-state index contributed by atoms with van der Waals surface area (Å²) < 4.78 is 5.74. The molecule has 0 unspecified atom stereocenters. The van der Waals surface area contributed by atoms with Crippen molar-refractivity contribution < 1.29 is 9.21 Å². The Morgan fingerprint density at radius 3 is 2.63 bits per heavy atom. The number of aromatic nitrogens is 2. The fourth-order valence-electron chi connectivity index (χ4n) is 2.73. The molecule has 0 atom stereocenters. The Morgan fingerprint density at radius 1 is 1.07 bits per heavy atom. The van der Waals surface area contributed by atoms with Gasteiger partial charge in [0.05, 0.1) is 6.20 Å². The van der Waals surface area contributed by atoms with Crippen LogP contribution < -0.4 is 10.2 Å². The first-order valence-corrected chi connectivity index (χ1v) is 8.50. The largest absolute Gasteiger partial charge is 0.436 e. The summed E-state index contributed by atoms with van der Waals surface area (Å²) in [5.41, 5.74) is 4.53. The lowest BCUT2D eigenvalue weighted by atomic mass is 10.1. The number of fused-ring (bicyclic) bond motifs is 1. The monoisotopic (exact) mass is 358 g/mol. The van der Waals surface area contributed by atoms with E-state index in [4.69, 9.17) is 4.42 Å². The van der Waals surface area contributed by atoms with Crippen molar-refractivity contribution in [2.24, 2.45) is 0 Å². The van der Waals surface area contributed by atoms with Crippen LogP contribution in [0.5, 0.6) is 0 Å². The number of hydrogen-bond donors (Lipinski definition) is 1. The molecule has 0 aliphatic rings. The number of nitrogens with one attached hydrogen (secondary N) is 1. The zero-order chi connectivity index (χ0) is 18.8.